The maximum absolute atomic E-state index is 12.4. The van der Waals surface area contributed by atoms with E-state index >= 15 is 0 Å². The van der Waals surface area contributed by atoms with Crippen molar-refractivity contribution in [2.75, 3.05) is 13.1 Å². The van der Waals surface area contributed by atoms with Crippen LogP contribution in [0, 0.1) is 0 Å². The van der Waals surface area contributed by atoms with Crippen LogP contribution in [0.1, 0.15) is 27.7 Å². The van der Waals surface area contributed by atoms with Gasteiger partial charge in [-0.3, -0.25) is 4.79 Å². The zero-order valence-electron chi connectivity index (χ0n) is 9.90. The molecule has 1 saturated heterocycles. The van der Waals surface area contributed by atoms with Gasteiger partial charge in [0.15, 0.2) is 0 Å². The molecule has 1 fully saturated rings. The van der Waals surface area contributed by atoms with Gasteiger partial charge in [0.05, 0.1) is 5.54 Å². The van der Waals surface area contributed by atoms with Gasteiger partial charge in [-0.2, -0.15) is 13.2 Å². The number of amides is 1. The monoisotopic (exact) mass is 238 g/mol. The van der Waals surface area contributed by atoms with Gasteiger partial charge in [-0.25, -0.2) is 0 Å². The molecule has 1 aliphatic heterocycles. The fourth-order valence-electron chi connectivity index (χ4n) is 1.72. The van der Waals surface area contributed by atoms with Crippen molar-refractivity contribution in [3.63, 3.8) is 0 Å². The highest BCUT2D eigenvalue weighted by Crippen LogP contribution is 2.28. The third-order valence-electron chi connectivity index (χ3n) is 2.77. The zero-order valence-corrected chi connectivity index (χ0v) is 9.90. The summed E-state index contributed by atoms with van der Waals surface area (Å²) in [5, 5.41) is 3.12. The van der Waals surface area contributed by atoms with Gasteiger partial charge >= 0.3 is 12.1 Å². The van der Waals surface area contributed by atoms with Gasteiger partial charge in [0.2, 0.25) is 0 Å². The number of piperazine rings is 1. The molecule has 1 heterocycles. The average molecular weight is 238 g/mol. The van der Waals surface area contributed by atoms with Gasteiger partial charge in [0.1, 0.15) is 0 Å². The number of hydrogen-bond donors (Lipinski definition) is 1. The third kappa shape index (κ3) is 2.66. The first-order valence-electron chi connectivity index (χ1n) is 5.10. The molecule has 0 atom stereocenters. The molecule has 94 valence electrons. The Hall–Kier alpha value is -0.780. The van der Waals surface area contributed by atoms with E-state index in [-0.39, 0.29) is 6.54 Å². The summed E-state index contributed by atoms with van der Waals surface area (Å²) in [5.41, 5.74) is -1.31. The predicted octanol–water partition coefficient (Wildman–Crippen LogP) is 1.54. The molecule has 3 nitrogen and oxygen atoms in total. The molecular formula is C10H17F3N2O. The Balaban J connectivity index is 2.95. The molecule has 1 amide bonds. The number of alkyl halides is 3. The lowest BCUT2D eigenvalue weighted by atomic mass is 9.91. The van der Waals surface area contributed by atoms with Gasteiger partial charge in [0.25, 0.3) is 0 Å². The molecule has 1 aliphatic rings. The van der Waals surface area contributed by atoms with Crippen LogP contribution >= 0.6 is 0 Å². The highest BCUT2D eigenvalue weighted by Gasteiger charge is 2.50. The van der Waals surface area contributed by atoms with Crippen LogP contribution in [0.15, 0.2) is 0 Å². The molecule has 0 radical (unpaired) electrons. The standard InChI is InChI=1S/C10H17F3N2O/c1-8(2)6-15(7(16)10(11,12)13)9(3,4)5-14-8/h14H,5-6H2,1-4H3. The Morgan fingerprint density at radius 3 is 2.19 bits per heavy atom. The molecule has 0 aromatic rings. The van der Waals surface area contributed by atoms with Crippen molar-refractivity contribution in [2.45, 2.75) is 44.9 Å². The maximum Gasteiger partial charge on any atom is 0.471 e. The second-order valence-corrected chi connectivity index (χ2v) is 5.44. The van der Waals surface area contributed by atoms with Crippen molar-refractivity contribution >= 4 is 5.91 Å². The number of rotatable bonds is 0. The Labute approximate surface area is 93.0 Å². The number of hydrogen-bond acceptors (Lipinski definition) is 2. The Morgan fingerprint density at radius 2 is 1.75 bits per heavy atom. The van der Waals surface area contributed by atoms with Gasteiger partial charge in [0, 0.05) is 18.6 Å². The molecule has 16 heavy (non-hydrogen) atoms. The first-order chi connectivity index (χ1) is 6.96. The highest BCUT2D eigenvalue weighted by atomic mass is 19.4. The van der Waals surface area contributed by atoms with Crippen molar-refractivity contribution in [3.05, 3.63) is 0 Å². The molecule has 0 spiro atoms. The third-order valence-corrected chi connectivity index (χ3v) is 2.77. The lowest BCUT2D eigenvalue weighted by molar-refractivity contribution is -0.193. The summed E-state index contributed by atoms with van der Waals surface area (Å²) in [4.78, 5) is 12.2. The van der Waals surface area contributed by atoms with Crippen LogP contribution in [-0.4, -0.2) is 41.2 Å². The van der Waals surface area contributed by atoms with E-state index in [9.17, 15) is 18.0 Å². The summed E-state index contributed by atoms with van der Waals surface area (Å²) in [6.07, 6.45) is -4.80. The summed E-state index contributed by atoms with van der Waals surface area (Å²) < 4.78 is 37.3. The van der Waals surface area contributed by atoms with Crippen molar-refractivity contribution < 1.29 is 18.0 Å². The minimum Gasteiger partial charge on any atom is -0.327 e. The quantitative estimate of drug-likeness (QED) is 0.694. The minimum atomic E-state index is -4.80. The molecule has 0 aromatic heterocycles. The van der Waals surface area contributed by atoms with Crippen molar-refractivity contribution in [2.24, 2.45) is 0 Å². The fraction of sp³-hybridized carbons (Fsp3) is 0.900. The highest BCUT2D eigenvalue weighted by molar-refractivity contribution is 5.82. The van der Waals surface area contributed by atoms with E-state index in [0.717, 1.165) is 4.90 Å². The predicted molar refractivity (Wildman–Crippen MR) is 53.9 cm³/mol. The Morgan fingerprint density at radius 1 is 1.25 bits per heavy atom. The molecular weight excluding hydrogens is 221 g/mol. The molecule has 0 unspecified atom stereocenters. The lowest BCUT2D eigenvalue weighted by Crippen LogP contribution is -2.69. The van der Waals surface area contributed by atoms with E-state index in [1.54, 1.807) is 27.7 Å². The number of carbonyl (C=O) groups excluding carboxylic acids is 1. The SMILES string of the molecule is CC1(C)CN(C(=O)C(F)(F)F)C(C)(C)CN1. The van der Waals surface area contributed by atoms with E-state index in [4.69, 9.17) is 0 Å². The van der Waals surface area contributed by atoms with Crippen LogP contribution in [0.3, 0.4) is 0 Å². The van der Waals surface area contributed by atoms with Gasteiger partial charge in [-0.05, 0) is 27.7 Å². The summed E-state index contributed by atoms with van der Waals surface area (Å²) in [6, 6.07) is 0. The smallest absolute Gasteiger partial charge is 0.327 e. The van der Waals surface area contributed by atoms with Gasteiger partial charge in [-0.15, -0.1) is 0 Å². The van der Waals surface area contributed by atoms with E-state index in [0.29, 0.717) is 6.54 Å². The topological polar surface area (TPSA) is 32.3 Å². The molecule has 0 saturated carbocycles. The van der Waals surface area contributed by atoms with Crippen LogP contribution in [0.4, 0.5) is 13.2 Å². The van der Waals surface area contributed by atoms with E-state index in [2.05, 4.69) is 5.32 Å². The first kappa shape index (κ1) is 13.3. The summed E-state index contributed by atoms with van der Waals surface area (Å²) in [6.45, 7) is 7.20. The molecule has 0 bridgehead atoms. The van der Waals surface area contributed by atoms with Crippen molar-refractivity contribution in [1.82, 2.24) is 10.2 Å². The van der Waals surface area contributed by atoms with Crippen LogP contribution in [-0.2, 0) is 4.79 Å². The first-order valence-corrected chi connectivity index (χ1v) is 5.10. The van der Waals surface area contributed by atoms with E-state index in [1.165, 1.54) is 0 Å². The lowest BCUT2D eigenvalue weighted by Gasteiger charge is -2.49. The summed E-state index contributed by atoms with van der Waals surface area (Å²) in [7, 11) is 0. The fourth-order valence-corrected chi connectivity index (χ4v) is 1.72. The molecule has 1 N–H and O–H groups in total. The number of nitrogens with zero attached hydrogens (tertiary/aromatic N) is 1. The Bertz CT molecular complexity index is 297. The normalized spacial score (nSPS) is 24.3. The summed E-state index contributed by atoms with van der Waals surface area (Å²) in [5.74, 6) is -1.76. The van der Waals surface area contributed by atoms with E-state index < -0.39 is 23.2 Å². The number of carbonyl (C=O) groups is 1. The average Bonchev–Trinajstić information content (AvgIpc) is 2.07. The minimum absolute atomic E-state index is 0.0539. The van der Waals surface area contributed by atoms with Crippen LogP contribution in [0.2, 0.25) is 0 Å². The maximum atomic E-state index is 12.4. The van der Waals surface area contributed by atoms with Crippen molar-refractivity contribution in [1.29, 1.82) is 0 Å². The van der Waals surface area contributed by atoms with Crippen LogP contribution < -0.4 is 5.32 Å². The molecule has 1 rings (SSSR count). The number of halogens is 3. The van der Waals surface area contributed by atoms with Crippen molar-refractivity contribution in [3.8, 4) is 0 Å². The molecule has 0 aliphatic carbocycles. The largest absolute Gasteiger partial charge is 0.471 e. The molecule has 6 heteroatoms. The van der Waals surface area contributed by atoms with Gasteiger partial charge in [-0.1, -0.05) is 0 Å². The molecule has 0 aromatic carbocycles. The second kappa shape index (κ2) is 3.61. The summed E-state index contributed by atoms with van der Waals surface area (Å²) >= 11 is 0. The van der Waals surface area contributed by atoms with Crippen LogP contribution in [0.5, 0.6) is 0 Å². The zero-order chi connectivity index (χ0) is 12.8. The Kier molecular flexibility index (Phi) is 3.00. The van der Waals surface area contributed by atoms with E-state index in [1.807, 2.05) is 0 Å². The van der Waals surface area contributed by atoms with Crippen LogP contribution in [0.25, 0.3) is 0 Å². The van der Waals surface area contributed by atoms with Gasteiger partial charge < -0.3 is 10.2 Å². The second-order valence-electron chi connectivity index (χ2n) is 5.44. The number of nitrogens with one attached hydrogen (secondary N) is 1.